The number of hydrogen-bond donors (Lipinski definition) is 2. The van der Waals surface area contributed by atoms with Gasteiger partial charge in [-0.25, -0.2) is 8.42 Å². The first kappa shape index (κ1) is 16.0. The number of ketones is 1. The fourth-order valence-corrected chi connectivity index (χ4v) is 3.30. The molecule has 0 radical (unpaired) electrons. The van der Waals surface area contributed by atoms with Crippen molar-refractivity contribution in [1.82, 2.24) is 0 Å². The zero-order chi connectivity index (χ0) is 17.3. The molecule has 2 aromatic rings. The molecule has 0 atom stereocenters. The van der Waals surface area contributed by atoms with Crippen LogP contribution in [0.15, 0.2) is 47.4 Å². The maximum absolute atomic E-state index is 12.5. The van der Waals surface area contributed by atoms with Gasteiger partial charge >= 0.3 is 0 Å². The van der Waals surface area contributed by atoms with Crippen LogP contribution in [0, 0.1) is 0 Å². The van der Waals surface area contributed by atoms with E-state index in [2.05, 4.69) is 10.0 Å². The van der Waals surface area contributed by atoms with Crippen LogP contribution in [0.25, 0.3) is 0 Å². The molecule has 0 unspecified atom stereocenters. The number of hydrogen-bond acceptors (Lipinski definition) is 5. The molecule has 0 aromatic heterocycles. The lowest BCUT2D eigenvalue weighted by Crippen LogP contribution is -2.25. The molecule has 0 saturated heterocycles. The number of sulfonamides is 1. The second kappa shape index (κ2) is 5.97. The summed E-state index contributed by atoms with van der Waals surface area (Å²) < 4.78 is 32.6. The largest absolute Gasteiger partial charge is 0.482 e. The molecule has 1 heterocycles. The number of fused-ring (bicyclic) bond motifs is 1. The fraction of sp³-hybridized carbons (Fsp3) is 0.125. The summed E-state index contributed by atoms with van der Waals surface area (Å²) in [6, 6.07) is 10.4. The molecule has 2 aromatic carbocycles. The topological polar surface area (TPSA) is 102 Å². The number of benzene rings is 2. The van der Waals surface area contributed by atoms with Crippen LogP contribution in [-0.4, -0.2) is 26.7 Å². The van der Waals surface area contributed by atoms with Gasteiger partial charge in [0.15, 0.2) is 12.4 Å². The fourth-order valence-electron chi connectivity index (χ4n) is 2.24. The molecule has 8 heteroatoms. The summed E-state index contributed by atoms with van der Waals surface area (Å²) in [7, 11) is -3.86. The summed E-state index contributed by atoms with van der Waals surface area (Å²) in [4.78, 5) is 22.6. The van der Waals surface area contributed by atoms with Gasteiger partial charge in [-0.05, 0) is 31.2 Å². The first-order valence-corrected chi connectivity index (χ1v) is 8.54. The third-order valence-electron chi connectivity index (χ3n) is 3.42. The van der Waals surface area contributed by atoms with E-state index in [0.717, 1.165) is 0 Å². The molecule has 24 heavy (non-hydrogen) atoms. The molecule has 0 aliphatic carbocycles. The van der Waals surface area contributed by atoms with Crippen molar-refractivity contribution in [2.24, 2.45) is 0 Å². The summed E-state index contributed by atoms with van der Waals surface area (Å²) in [5.74, 6) is -0.166. The smallest absolute Gasteiger partial charge is 0.262 e. The highest BCUT2D eigenvalue weighted by Gasteiger charge is 2.21. The van der Waals surface area contributed by atoms with E-state index < -0.39 is 10.0 Å². The van der Waals surface area contributed by atoms with Gasteiger partial charge in [0.2, 0.25) is 0 Å². The van der Waals surface area contributed by atoms with E-state index in [9.17, 15) is 18.0 Å². The van der Waals surface area contributed by atoms with Crippen molar-refractivity contribution in [3.63, 3.8) is 0 Å². The predicted molar refractivity (Wildman–Crippen MR) is 87.8 cm³/mol. The molecule has 1 amide bonds. The number of carbonyl (C=O) groups is 2. The zero-order valence-corrected chi connectivity index (χ0v) is 13.5. The number of ether oxygens (including phenoxy) is 1. The standard InChI is InChI=1S/C16H14N2O5S/c1-10(19)11-3-2-4-12(7-11)18-24(21,22)13-5-6-14-15(8-13)23-9-16(20)17-14/h2-8,18H,9H2,1H3,(H,17,20). The SMILES string of the molecule is CC(=O)c1cccc(NS(=O)(=O)c2ccc3c(c2)OCC(=O)N3)c1. The van der Waals surface area contributed by atoms with Gasteiger partial charge in [0.1, 0.15) is 5.75 Å². The van der Waals surface area contributed by atoms with Crippen LogP contribution in [0.4, 0.5) is 11.4 Å². The van der Waals surface area contributed by atoms with E-state index in [1.807, 2.05) is 0 Å². The Morgan fingerprint density at radius 2 is 2.00 bits per heavy atom. The second-order valence-corrected chi connectivity index (χ2v) is 6.92. The lowest BCUT2D eigenvalue weighted by molar-refractivity contribution is -0.118. The van der Waals surface area contributed by atoms with E-state index in [4.69, 9.17) is 4.74 Å². The van der Waals surface area contributed by atoms with Crippen molar-refractivity contribution in [3.05, 3.63) is 48.0 Å². The lowest BCUT2D eigenvalue weighted by Gasteiger charge is -2.18. The number of nitrogens with one attached hydrogen (secondary N) is 2. The summed E-state index contributed by atoms with van der Waals surface area (Å²) >= 11 is 0. The number of rotatable bonds is 4. The average Bonchev–Trinajstić information content (AvgIpc) is 2.54. The van der Waals surface area contributed by atoms with Crippen molar-refractivity contribution in [2.45, 2.75) is 11.8 Å². The van der Waals surface area contributed by atoms with Crippen molar-refractivity contribution in [2.75, 3.05) is 16.6 Å². The van der Waals surface area contributed by atoms with E-state index in [-0.39, 0.29) is 34.6 Å². The van der Waals surface area contributed by atoms with Gasteiger partial charge in [-0.15, -0.1) is 0 Å². The third kappa shape index (κ3) is 3.23. The second-order valence-electron chi connectivity index (χ2n) is 5.24. The molecular formula is C16H14N2O5S. The van der Waals surface area contributed by atoms with Gasteiger partial charge < -0.3 is 10.1 Å². The van der Waals surface area contributed by atoms with Crippen LogP contribution in [-0.2, 0) is 14.8 Å². The molecule has 0 bridgehead atoms. The Balaban J connectivity index is 1.90. The Labute approximate surface area is 138 Å². The molecule has 2 N–H and O–H groups in total. The van der Waals surface area contributed by atoms with E-state index in [1.54, 1.807) is 18.2 Å². The van der Waals surface area contributed by atoms with Gasteiger partial charge in [-0.2, -0.15) is 0 Å². The maximum Gasteiger partial charge on any atom is 0.262 e. The van der Waals surface area contributed by atoms with Crippen LogP contribution >= 0.6 is 0 Å². The number of carbonyl (C=O) groups excluding carboxylic acids is 2. The first-order valence-electron chi connectivity index (χ1n) is 7.06. The van der Waals surface area contributed by atoms with Crippen LogP contribution in [0.1, 0.15) is 17.3 Å². The highest BCUT2D eigenvalue weighted by Crippen LogP contribution is 2.30. The highest BCUT2D eigenvalue weighted by atomic mass is 32.2. The van der Waals surface area contributed by atoms with Crippen molar-refractivity contribution >= 4 is 33.1 Å². The summed E-state index contributed by atoms with van der Waals surface area (Å²) in [6.45, 7) is 1.24. The maximum atomic E-state index is 12.5. The average molecular weight is 346 g/mol. The van der Waals surface area contributed by atoms with E-state index >= 15 is 0 Å². The van der Waals surface area contributed by atoms with Crippen molar-refractivity contribution < 1.29 is 22.7 Å². The van der Waals surface area contributed by atoms with Gasteiger partial charge in [-0.3, -0.25) is 14.3 Å². The first-order chi connectivity index (χ1) is 11.3. The molecule has 1 aliphatic rings. The summed E-state index contributed by atoms with van der Waals surface area (Å²) in [5, 5.41) is 2.59. The number of Topliss-reactive ketones (excluding diaryl/α,β-unsaturated/α-hetero) is 1. The Kier molecular flexibility index (Phi) is 3.98. The van der Waals surface area contributed by atoms with Crippen LogP contribution in [0.2, 0.25) is 0 Å². The van der Waals surface area contributed by atoms with E-state index in [0.29, 0.717) is 11.3 Å². The minimum absolute atomic E-state index is 0.00868. The van der Waals surface area contributed by atoms with Crippen molar-refractivity contribution in [3.8, 4) is 5.75 Å². The summed E-state index contributed by atoms with van der Waals surface area (Å²) in [6.07, 6.45) is 0. The zero-order valence-electron chi connectivity index (χ0n) is 12.7. The number of amides is 1. The van der Waals surface area contributed by atoms with Gasteiger partial charge in [0.05, 0.1) is 10.6 Å². The van der Waals surface area contributed by atoms with Crippen molar-refractivity contribution in [1.29, 1.82) is 0 Å². The van der Waals surface area contributed by atoms with Gasteiger partial charge in [0, 0.05) is 17.3 Å². The molecule has 0 fully saturated rings. The monoisotopic (exact) mass is 346 g/mol. The normalized spacial score (nSPS) is 13.5. The predicted octanol–water partition coefficient (Wildman–Crippen LogP) is 2.02. The van der Waals surface area contributed by atoms with E-state index in [1.165, 1.54) is 31.2 Å². The molecule has 124 valence electrons. The van der Waals surface area contributed by atoms with Gasteiger partial charge in [0.25, 0.3) is 15.9 Å². The quantitative estimate of drug-likeness (QED) is 0.825. The van der Waals surface area contributed by atoms with Crippen LogP contribution in [0.3, 0.4) is 0 Å². The summed E-state index contributed by atoms with van der Waals surface area (Å²) in [5.41, 5.74) is 1.12. The van der Waals surface area contributed by atoms with Crippen LogP contribution in [0.5, 0.6) is 5.75 Å². The Morgan fingerprint density at radius 3 is 2.75 bits per heavy atom. The molecule has 0 spiro atoms. The molecular weight excluding hydrogens is 332 g/mol. The number of anilines is 2. The highest BCUT2D eigenvalue weighted by molar-refractivity contribution is 7.92. The molecule has 1 aliphatic heterocycles. The lowest BCUT2D eigenvalue weighted by atomic mass is 10.1. The molecule has 7 nitrogen and oxygen atoms in total. The Bertz CT molecular complexity index is 937. The molecule has 0 saturated carbocycles. The molecule has 3 rings (SSSR count). The minimum Gasteiger partial charge on any atom is -0.482 e. The third-order valence-corrected chi connectivity index (χ3v) is 4.80. The van der Waals surface area contributed by atoms with Crippen LogP contribution < -0.4 is 14.8 Å². The Hall–Kier alpha value is -2.87. The Morgan fingerprint density at radius 1 is 1.21 bits per heavy atom. The van der Waals surface area contributed by atoms with Gasteiger partial charge in [-0.1, -0.05) is 12.1 Å². The minimum atomic E-state index is -3.86.